The smallest absolute Gasteiger partial charge is 0.249 e. The van der Waals surface area contributed by atoms with Gasteiger partial charge >= 0.3 is 0 Å². The van der Waals surface area contributed by atoms with E-state index in [-0.39, 0.29) is 5.91 Å². The molecule has 16 heavy (non-hydrogen) atoms. The van der Waals surface area contributed by atoms with Crippen LogP contribution in [0.15, 0.2) is 18.2 Å². The van der Waals surface area contributed by atoms with E-state index in [0.29, 0.717) is 5.56 Å². The van der Waals surface area contributed by atoms with Crippen LogP contribution >= 0.6 is 0 Å². The summed E-state index contributed by atoms with van der Waals surface area (Å²) in [5.74, 6) is -0.328. The first kappa shape index (κ1) is 10.9. The lowest BCUT2D eigenvalue weighted by atomic mass is 9.87. The number of amides is 1. The Hall–Kier alpha value is -1.57. The van der Waals surface area contributed by atoms with E-state index in [2.05, 4.69) is 19.1 Å². The maximum atomic E-state index is 11.3. The Bertz CT molecular complexity index is 446. The number of carbonyl (C=O) groups is 1. The number of benzene rings is 1. The number of primary amides is 1. The van der Waals surface area contributed by atoms with Crippen LogP contribution in [0.5, 0.6) is 0 Å². The molecule has 1 aliphatic rings. The van der Waals surface area contributed by atoms with Gasteiger partial charge in [-0.25, -0.2) is 0 Å². The molecule has 0 saturated heterocycles. The van der Waals surface area contributed by atoms with Crippen LogP contribution in [0, 0.1) is 0 Å². The molecule has 2 heteroatoms. The SMILES string of the molecule is CCCc1ccc(C(N)=O)c2c1CCC=C2. The van der Waals surface area contributed by atoms with E-state index in [0.717, 1.165) is 31.2 Å². The van der Waals surface area contributed by atoms with Crippen LogP contribution in [-0.2, 0) is 12.8 Å². The second-order valence-electron chi connectivity index (χ2n) is 4.22. The first-order valence-electron chi connectivity index (χ1n) is 5.85. The molecule has 1 aromatic carbocycles. The van der Waals surface area contributed by atoms with Crippen molar-refractivity contribution in [3.63, 3.8) is 0 Å². The van der Waals surface area contributed by atoms with Gasteiger partial charge in [0.2, 0.25) is 5.91 Å². The van der Waals surface area contributed by atoms with E-state index in [4.69, 9.17) is 5.73 Å². The molecule has 2 rings (SSSR count). The van der Waals surface area contributed by atoms with Crippen molar-refractivity contribution >= 4 is 12.0 Å². The van der Waals surface area contributed by atoms with Crippen LogP contribution in [0.2, 0.25) is 0 Å². The summed E-state index contributed by atoms with van der Waals surface area (Å²) in [4.78, 5) is 11.3. The molecule has 2 N–H and O–H groups in total. The van der Waals surface area contributed by atoms with Crippen LogP contribution in [0.25, 0.3) is 6.08 Å². The molecule has 0 aliphatic heterocycles. The second kappa shape index (κ2) is 4.52. The van der Waals surface area contributed by atoms with Crippen molar-refractivity contribution in [3.05, 3.63) is 40.5 Å². The van der Waals surface area contributed by atoms with Crippen LogP contribution in [0.4, 0.5) is 0 Å². The van der Waals surface area contributed by atoms with Gasteiger partial charge in [-0.1, -0.05) is 31.6 Å². The van der Waals surface area contributed by atoms with E-state index in [1.165, 1.54) is 11.1 Å². The van der Waals surface area contributed by atoms with Gasteiger partial charge in [0.1, 0.15) is 0 Å². The molecule has 0 radical (unpaired) electrons. The molecule has 84 valence electrons. The van der Waals surface area contributed by atoms with Crippen molar-refractivity contribution < 1.29 is 4.79 Å². The quantitative estimate of drug-likeness (QED) is 0.827. The van der Waals surface area contributed by atoms with Crippen molar-refractivity contribution in [2.24, 2.45) is 5.73 Å². The summed E-state index contributed by atoms with van der Waals surface area (Å²) < 4.78 is 0. The zero-order chi connectivity index (χ0) is 11.5. The minimum atomic E-state index is -0.328. The molecule has 0 fully saturated rings. The molecule has 0 bridgehead atoms. The number of nitrogens with two attached hydrogens (primary N) is 1. The topological polar surface area (TPSA) is 43.1 Å². The van der Waals surface area contributed by atoms with Crippen molar-refractivity contribution in [2.75, 3.05) is 0 Å². The van der Waals surface area contributed by atoms with Gasteiger partial charge in [-0.05, 0) is 42.0 Å². The molecule has 0 atom stereocenters. The van der Waals surface area contributed by atoms with Crippen molar-refractivity contribution in [1.29, 1.82) is 0 Å². The number of hydrogen-bond acceptors (Lipinski definition) is 1. The average molecular weight is 215 g/mol. The Labute approximate surface area is 96.2 Å². The highest BCUT2D eigenvalue weighted by atomic mass is 16.1. The fourth-order valence-corrected chi connectivity index (χ4v) is 2.34. The Kier molecular flexibility index (Phi) is 3.09. The standard InChI is InChI=1S/C14H17NO/c1-2-5-10-8-9-13(14(15)16)12-7-4-3-6-11(10)12/h4,7-9H,2-3,5-6H2,1H3,(H2,15,16). The van der Waals surface area contributed by atoms with Gasteiger partial charge in [-0.15, -0.1) is 0 Å². The molecule has 0 heterocycles. The van der Waals surface area contributed by atoms with Crippen LogP contribution in [0.3, 0.4) is 0 Å². The van der Waals surface area contributed by atoms with Gasteiger partial charge in [0.25, 0.3) is 0 Å². The number of aryl methyl sites for hydroxylation is 1. The van der Waals surface area contributed by atoms with Gasteiger partial charge in [-0.2, -0.15) is 0 Å². The molecule has 1 aliphatic carbocycles. The zero-order valence-electron chi connectivity index (χ0n) is 9.62. The molecule has 0 aromatic heterocycles. The summed E-state index contributed by atoms with van der Waals surface area (Å²) in [6.45, 7) is 2.17. The molecule has 0 saturated carbocycles. The summed E-state index contributed by atoms with van der Waals surface area (Å²) in [6, 6.07) is 3.92. The highest BCUT2D eigenvalue weighted by Crippen LogP contribution is 2.27. The molecule has 0 spiro atoms. The van der Waals surface area contributed by atoms with E-state index in [9.17, 15) is 4.79 Å². The minimum Gasteiger partial charge on any atom is -0.366 e. The van der Waals surface area contributed by atoms with Gasteiger partial charge < -0.3 is 5.73 Å². The summed E-state index contributed by atoms with van der Waals surface area (Å²) in [5.41, 5.74) is 9.78. The first-order valence-corrected chi connectivity index (χ1v) is 5.85. The first-order chi connectivity index (χ1) is 7.74. The lowest BCUT2D eigenvalue weighted by Crippen LogP contribution is -2.15. The van der Waals surface area contributed by atoms with Crippen LogP contribution < -0.4 is 5.73 Å². The average Bonchev–Trinajstić information content (AvgIpc) is 2.29. The number of fused-ring (bicyclic) bond motifs is 1. The third kappa shape index (κ3) is 1.87. The lowest BCUT2D eigenvalue weighted by Gasteiger charge is -2.17. The van der Waals surface area contributed by atoms with Crippen molar-refractivity contribution in [1.82, 2.24) is 0 Å². The van der Waals surface area contributed by atoms with E-state index in [1.807, 2.05) is 12.1 Å². The molecule has 1 amide bonds. The van der Waals surface area contributed by atoms with Gasteiger partial charge in [-0.3, -0.25) is 4.79 Å². The molecule has 0 unspecified atom stereocenters. The van der Waals surface area contributed by atoms with Crippen molar-refractivity contribution in [3.8, 4) is 0 Å². The normalized spacial score (nSPS) is 13.6. The van der Waals surface area contributed by atoms with Crippen LogP contribution in [-0.4, -0.2) is 5.91 Å². The van der Waals surface area contributed by atoms with E-state index < -0.39 is 0 Å². The Morgan fingerprint density at radius 2 is 2.25 bits per heavy atom. The van der Waals surface area contributed by atoms with Gasteiger partial charge in [0.15, 0.2) is 0 Å². The fraction of sp³-hybridized carbons (Fsp3) is 0.357. The highest BCUT2D eigenvalue weighted by Gasteiger charge is 2.15. The third-order valence-corrected chi connectivity index (χ3v) is 3.08. The molecular weight excluding hydrogens is 198 g/mol. The van der Waals surface area contributed by atoms with E-state index >= 15 is 0 Å². The highest BCUT2D eigenvalue weighted by molar-refractivity contribution is 5.97. The lowest BCUT2D eigenvalue weighted by molar-refractivity contribution is 0.1000. The largest absolute Gasteiger partial charge is 0.366 e. The predicted molar refractivity (Wildman–Crippen MR) is 66.3 cm³/mol. The second-order valence-corrected chi connectivity index (χ2v) is 4.22. The summed E-state index contributed by atoms with van der Waals surface area (Å²) >= 11 is 0. The predicted octanol–water partition coefficient (Wildman–Crippen LogP) is 2.70. The minimum absolute atomic E-state index is 0.328. The summed E-state index contributed by atoms with van der Waals surface area (Å²) in [7, 11) is 0. The summed E-state index contributed by atoms with van der Waals surface area (Å²) in [6.07, 6.45) is 8.46. The Morgan fingerprint density at radius 3 is 2.94 bits per heavy atom. The maximum Gasteiger partial charge on any atom is 0.249 e. The molecule has 2 nitrogen and oxygen atoms in total. The molecular formula is C14H17NO. The number of hydrogen-bond donors (Lipinski definition) is 1. The van der Waals surface area contributed by atoms with Gasteiger partial charge in [0, 0.05) is 5.56 Å². The van der Waals surface area contributed by atoms with Crippen LogP contribution in [0.1, 0.15) is 46.8 Å². The summed E-state index contributed by atoms with van der Waals surface area (Å²) in [5, 5.41) is 0. The molecule has 1 aromatic rings. The number of carbonyl (C=O) groups excluding carboxylic acids is 1. The van der Waals surface area contributed by atoms with Crippen molar-refractivity contribution in [2.45, 2.75) is 32.6 Å². The monoisotopic (exact) mass is 215 g/mol. The van der Waals surface area contributed by atoms with E-state index in [1.54, 1.807) is 0 Å². The third-order valence-electron chi connectivity index (χ3n) is 3.08. The number of rotatable bonds is 3. The number of allylic oxidation sites excluding steroid dienone is 1. The Balaban J connectivity index is 2.55. The Morgan fingerprint density at radius 1 is 1.44 bits per heavy atom. The maximum absolute atomic E-state index is 11.3. The fourth-order valence-electron chi connectivity index (χ4n) is 2.34. The zero-order valence-corrected chi connectivity index (χ0v) is 9.62. The van der Waals surface area contributed by atoms with Gasteiger partial charge in [0.05, 0.1) is 0 Å².